The second-order valence-electron chi connectivity index (χ2n) is 6.17. The highest BCUT2D eigenvalue weighted by Crippen LogP contribution is 2.23. The van der Waals surface area contributed by atoms with E-state index in [0.717, 1.165) is 23.3 Å². The molecule has 1 amide bonds. The summed E-state index contributed by atoms with van der Waals surface area (Å²) in [7, 11) is 0. The average molecular weight is 285 g/mol. The standard InChI is InChI=1S/C17H23N3O/c1-12-7-3-4-8-14(12)19-17(21)11-20-13(2)18-15-9-5-6-10-16(15)20/h5-6,9-10,12,14H,3-4,7-8,11H2,1-2H3,(H,19,21)/t12-,14-/m0/s1. The van der Waals surface area contributed by atoms with Gasteiger partial charge in [0, 0.05) is 6.04 Å². The van der Waals surface area contributed by atoms with E-state index in [9.17, 15) is 4.79 Å². The Labute approximate surface area is 125 Å². The van der Waals surface area contributed by atoms with Crippen LogP contribution in [0.3, 0.4) is 0 Å². The van der Waals surface area contributed by atoms with Crippen LogP contribution in [0.25, 0.3) is 11.0 Å². The van der Waals surface area contributed by atoms with Crippen molar-refractivity contribution in [1.29, 1.82) is 0 Å². The highest BCUT2D eigenvalue weighted by molar-refractivity contribution is 5.81. The highest BCUT2D eigenvalue weighted by Gasteiger charge is 2.23. The molecule has 3 rings (SSSR count). The van der Waals surface area contributed by atoms with E-state index in [-0.39, 0.29) is 5.91 Å². The van der Waals surface area contributed by atoms with Gasteiger partial charge in [-0.15, -0.1) is 0 Å². The quantitative estimate of drug-likeness (QED) is 0.942. The van der Waals surface area contributed by atoms with Crippen LogP contribution in [0.4, 0.5) is 0 Å². The third-order valence-electron chi connectivity index (χ3n) is 4.60. The number of para-hydroxylation sites is 2. The zero-order valence-electron chi connectivity index (χ0n) is 12.8. The Morgan fingerprint density at radius 3 is 2.90 bits per heavy atom. The molecule has 0 spiro atoms. The summed E-state index contributed by atoms with van der Waals surface area (Å²) < 4.78 is 2.00. The topological polar surface area (TPSA) is 46.9 Å². The van der Waals surface area contributed by atoms with Gasteiger partial charge in [-0.1, -0.05) is 31.9 Å². The summed E-state index contributed by atoms with van der Waals surface area (Å²) in [6.07, 6.45) is 4.84. The molecule has 4 nitrogen and oxygen atoms in total. The summed E-state index contributed by atoms with van der Waals surface area (Å²) in [5.74, 6) is 1.58. The Kier molecular flexibility index (Phi) is 3.95. The summed E-state index contributed by atoms with van der Waals surface area (Å²) in [6, 6.07) is 8.30. The Balaban J connectivity index is 1.73. The molecule has 2 aromatic rings. The van der Waals surface area contributed by atoms with Crippen LogP contribution in [0, 0.1) is 12.8 Å². The van der Waals surface area contributed by atoms with Gasteiger partial charge in [-0.2, -0.15) is 0 Å². The fourth-order valence-electron chi connectivity index (χ4n) is 3.32. The maximum atomic E-state index is 12.4. The van der Waals surface area contributed by atoms with Crippen LogP contribution in [0.1, 0.15) is 38.4 Å². The lowest BCUT2D eigenvalue weighted by molar-refractivity contribution is -0.122. The molecule has 0 unspecified atom stereocenters. The average Bonchev–Trinajstić information content (AvgIpc) is 2.78. The Bertz CT molecular complexity index is 647. The molecule has 4 heteroatoms. The van der Waals surface area contributed by atoms with Crippen LogP contribution in [-0.4, -0.2) is 21.5 Å². The Morgan fingerprint density at radius 2 is 2.10 bits per heavy atom. The Hall–Kier alpha value is -1.84. The number of aromatic nitrogens is 2. The van der Waals surface area contributed by atoms with Crippen LogP contribution >= 0.6 is 0 Å². The van der Waals surface area contributed by atoms with E-state index in [1.807, 2.05) is 35.8 Å². The monoisotopic (exact) mass is 285 g/mol. The number of carbonyl (C=O) groups excluding carboxylic acids is 1. The van der Waals surface area contributed by atoms with Crippen molar-refractivity contribution in [2.45, 2.75) is 52.1 Å². The fraction of sp³-hybridized carbons (Fsp3) is 0.529. The summed E-state index contributed by atoms with van der Waals surface area (Å²) in [6.45, 7) is 4.55. The third kappa shape index (κ3) is 2.94. The lowest BCUT2D eigenvalue weighted by atomic mass is 9.86. The summed E-state index contributed by atoms with van der Waals surface area (Å²) >= 11 is 0. The lowest BCUT2D eigenvalue weighted by Crippen LogP contribution is -2.42. The minimum atomic E-state index is 0.0972. The molecule has 112 valence electrons. The zero-order valence-corrected chi connectivity index (χ0v) is 12.8. The predicted octanol–water partition coefficient (Wildman–Crippen LogP) is 3.04. The molecule has 21 heavy (non-hydrogen) atoms. The molecule has 1 aliphatic rings. The Morgan fingerprint density at radius 1 is 1.33 bits per heavy atom. The van der Waals surface area contributed by atoms with E-state index in [4.69, 9.17) is 0 Å². The third-order valence-corrected chi connectivity index (χ3v) is 4.60. The van der Waals surface area contributed by atoms with Crippen LogP contribution in [0.5, 0.6) is 0 Å². The second-order valence-corrected chi connectivity index (χ2v) is 6.17. The number of aryl methyl sites for hydroxylation is 1. The molecule has 1 aromatic carbocycles. The van der Waals surface area contributed by atoms with Crippen LogP contribution in [0.15, 0.2) is 24.3 Å². The van der Waals surface area contributed by atoms with E-state index in [1.165, 1.54) is 19.3 Å². The van der Waals surface area contributed by atoms with Crippen molar-refractivity contribution >= 4 is 16.9 Å². The van der Waals surface area contributed by atoms with Crippen molar-refractivity contribution in [3.05, 3.63) is 30.1 Å². The van der Waals surface area contributed by atoms with Gasteiger partial charge in [0.25, 0.3) is 0 Å². The first-order valence-corrected chi connectivity index (χ1v) is 7.86. The van der Waals surface area contributed by atoms with Crippen molar-refractivity contribution in [3.8, 4) is 0 Å². The molecule has 1 fully saturated rings. The smallest absolute Gasteiger partial charge is 0.240 e. The van der Waals surface area contributed by atoms with Gasteiger partial charge in [0.2, 0.25) is 5.91 Å². The van der Waals surface area contributed by atoms with E-state index < -0.39 is 0 Å². The van der Waals surface area contributed by atoms with Crippen molar-refractivity contribution in [2.75, 3.05) is 0 Å². The minimum absolute atomic E-state index is 0.0972. The molecular formula is C17H23N3O. The van der Waals surface area contributed by atoms with Gasteiger partial charge in [-0.3, -0.25) is 4.79 Å². The van der Waals surface area contributed by atoms with Gasteiger partial charge in [-0.05, 0) is 37.8 Å². The fourth-order valence-corrected chi connectivity index (χ4v) is 3.32. The number of benzene rings is 1. The molecule has 1 heterocycles. The van der Waals surface area contributed by atoms with Gasteiger partial charge in [0.05, 0.1) is 11.0 Å². The van der Waals surface area contributed by atoms with E-state index >= 15 is 0 Å². The molecule has 0 saturated heterocycles. The first-order valence-electron chi connectivity index (χ1n) is 7.86. The van der Waals surface area contributed by atoms with E-state index in [1.54, 1.807) is 0 Å². The molecule has 1 aromatic heterocycles. The number of rotatable bonds is 3. The molecule has 0 bridgehead atoms. The highest BCUT2D eigenvalue weighted by atomic mass is 16.2. The van der Waals surface area contributed by atoms with Crippen molar-refractivity contribution in [1.82, 2.24) is 14.9 Å². The number of hydrogen-bond donors (Lipinski definition) is 1. The van der Waals surface area contributed by atoms with Crippen LogP contribution < -0.4 is 5.32 Å². The number of nitrogens with one attached hydrogen (secondary N) is 1. The summed E-state index contributed by atoms with van der Waals surface area (Å²) in [5.41, 5.74) is 1.98. The van der Waals surface area contributed by atoms with Gasteiger partial charge in [-0.25, -0.2) is 4.98 Å². The predicted molar refractivity (Wildman–Crippen MR) is 84.0 cm³/mol. The lowest BCUT2D eigenvalue weighted by Gasteiger charge is -2.29. The summed E-state index contributed by atoms with van der Waals surface area (Å²) in [4.78, 5) is 16.9. The number of imidazole rings is 1. The van der Waals surface area contributed by atoms with Crippen molar-refractivity contribution in [2.24, 2.45) is 5.92 Å². The normalized spacial score (nSPS) is 22.4. The molecule has 0 radical (unpaired) electrons. The zero-order chi connectivity index (χ0) is 14.8. The molecule has 1 N–H and O–H groups in total. The maximum absolute atomic E-state index is 12.4. The number of amides is 1. The first-order chi connectivity index (χ1) is 10.1. The van der Waals surface area contributed by atoms with Gasteiger partial charge in [0.1, 0.15) is 12.4 Å². The summed E-state index contributed by atoms with van der Waals surface area (Å²) in [5, 5.41) is 3.21. The van der Waals surface area contributed by atoms with Crippen molar-refractivity contribution in [3.63, 3.8) is 0 Å². The second kappa shape index (κ2) is 5.88. The minimum Gasteiger partial charge on any atom is -0.352 e. The molecular weight excluding hydrogens is 262 g/mol. The van der Waals surface area contributed by atoms with Crippen LogP contribution in [0.2, 0.25) is 0 Å². The number of fused-ring (bicyclic) bond motifs is 1. The molecule has 1 saturated carbocycles. The molecule has 1 aliphatic carbocycles. The van der Waals surface area contributed by atoms with Gasteiger partial charge < -0.3 is 9.88 Å². The van der Waals surface area contributed by atoms with Crippen molar-refractivity contribution < 1.29 is 4.79 Å². The van der Waals surface area contributed by atoms with Gasteiger partial charge >= 0.3 is 0 Å². The number of carbonyl (C=O) groups is 1. The van der Waals surface area contributed by atoms with Gasteiger partial charge in [0.15, 0.2) is 0 Å². The maximum Gasteiger partial charge on any atom is 0.240 e. The van der Waals surface area contributed by atoms with E-state index in [2.05, 4.69) is 17.2 Å². The number of hydrogen-bond acceptors (Lipinski definition) is 2. The number of nitrogens with zero attached hydrogens (tertiary/aromatic N) is 2. The largest absolute Gasteiger partial charge is 0.352 e. The van der Waals surface area contributed by atoms with Crippen LogP contribution in [-0.2, 0) is 11.3 Å². The first kappa shape index (κ1) is 14.1. The molecule has 0 aliphatic heterocycles. The molecule has 2 atom stereocenters. The van der Waals surface area contributed by atoms with E-state index in [0.29, 0.717) is 18.5 Å². The SMILES string of the molecule is Cc1nc2ccccc2n1CC(=O)N[C@H]1CCCC[C@@H]1C.